The van der Waals surface area contributed by atoms with E-state index in [0.717, 1.165) is 18.4 Å². The van der Waals surface area contributed by atoms with Crippen LogP contribution in [-0.2, 0) is 9.53 Å². The number of rotatable bonds is 11. The van der Waals surface area contributed by atoms with Gasteiger partial charge in [-0.25, -0.2) is 4.79 Å². The third kappa shape index (κ3) is 6.62. The molecule has 1 atom stereocenters. The molecule has 0 bridgehead atoms. The molecule has 0 spiro atoms. The maximum atomic E-state index is 12.8. The van der Waals surface area contributed by atoms with Crippen molar-refractivity contribution in [1.29, 1.82) is 0 Å². The van der Waals surface area contributed by atoms with Gasteiger partial charge >= 0.3 is 5.97 Å². The van der Waals surface area contributed by atoms with Gasteiger partial charge in [0.2, 0.25) is 0 Å². The number of ether oxygens (including phenoxy) is 3. The second-order valence-corrected chi connectivity index (χ2v) is 8.29. The van der Waals surface area contributed by atoms with Crippen molar-refractivity contribution in [2.45, 2.75) is 59.4 Å². The molecule has 6 nitrogen and oxygen atoms in total. The summed E-state index contributed by atoms with van der Waals surface area (Å²) in [7, 11) is 1.61. The third-order valence-electron chi connectivity index (χ3n) is 4.81. The molecule has 1 aromatic rings. The van der Waals surface area contributed by atoms with Gasteiger partial charge in [-0.15, -0.1) is 0 Å². The van der Waals surface area contributed by atoms with Gasteiger partial charge in [-0.2, -0.15) is 0 Å². The number of nitrogens with one attached hydrogen (secondary N) is 2. The first-order chi connectivity index (χ1) is 14.4. The fourth-order valence-electron chi connectivity index (χ4n) is 3.23. The minimum Gasteiger partial charge on any atom is -0.493 e. The predicted molar refractivity (Wildman–Crippen MR) is 123 cm³/mol. The molecule has 0 radical (unpaired) electrons. The average Bonchev–Trinajstić information content (AvgIpc) is 2.71. The molecule has 0 fully saturated rings. The molecule has 0 saturated carbocycles. The number of allylic oxidation sites excluding steroid dienone is 1. The van der Waals surface area contributed by atoms with Gasteiger partial charge < -0.3 is 24.8 Å². The SMILES string of the molecule is CCCCCCOc1ccc(C2NC(=S)NC(C)=C2C(=O)OCC(C)C)cc1OC. The first-order valence-electron chi connectivity index (χ1n) is 10.6. The van der Waals surface area contributed by atoms with E-state index in [1.807, 2.05) is 39.0 Å². The van der Waals surface area contributed by atoms with E-state index in [9.17, 15) is 4.79 Å². The van der Waals surface area contributed by atoms with Crippen LogP contribution in [0.5, 0.6) is 11.5 Å². The molecule has 0 aliphatic carbocycles. The van der Waals surface area contributed by atoms with Crippen LogP contribution >= 0.6 is 12.2 Å². The average molecular weight is 435 g/mol. The fourth-order valence-corrected chi connectivity index (χ4v) is 3.50. The first-order valence-corrected chi connectivity index (χ1v) is 11.0. The highest BCUT2D eigenvalue weighted by Gasteiger charge is 2.31. The van der Waals surface area contributed by atoms with Crippen molar-refractivity contribution in [3.05, 3.63) is 35.0 Å². The van der Waals surface area contributed by atoms with E-state index in [1.54, 1.807) is 7.11 Å². The Morgan fingerprint density at radius 1 is 1.20 bits per heavy atom. The Balaban J connectivity index is 2.22. The molecule has 1 unspecified atom stereocenters. The van der Waals surface area contributed by atoms with Crippen LogP contribution in [0.1, 0.15) is 65.0 Å². The molecule has 1 aliphatic heterocycles. The first kappa shape index (κ1) is 24.0. The van der Waals surface area contributed by atoms with E-state index in [2.05, 4.69) is 17.6 Å². The monoisotopic (exact) mass is 434 g/mol. The summed E-state index contributed by atoms with van der Waals surface area (Å²) in [5.74, 6) is 1.22. The summed E-state index contributed by atoms with van der Waals surface area (Å²) in [6.45, 7) is 9.04. The van der Waals surface area contributed by atoms with E-state index < -0.39 is 6.04 Å². The molecule has 0 amide bonds. The molecular weight excluding hydrogens is 400 g/mol. The lowest BCUT2D eigenvalue weighted by molar-refractivity contribution is -0.140. The number of hydrogen-bond acceptors (Lipinski definition) is 5. The summed E-state index contributed by atoms with van der Waals surface area (Å²) < 4.78 is 17.0. The van der Waals surface area contributed by atoms with Gasteiger partial charge in [0.05, 0.1) is 31.9 Å². The maximum Gasteiger partial charge on any atom is 0.338 e. The Bertz CT molecular complexity index is 776. The van der Waals surface area contributed by atoms with Crippen LogP contribution in [0, 0.1) is 5.92 Å². The van der Waals surface area contributed by atoms with Crippen molar-refractivity contribution in [1.82, 2.24) is 10.6 Å². The lowest BCUT2D eigenvalue weighted by Gasteiger charge is -2.30. The molecule has 166 valence electrons. The summed E-state index contributed by atoms with van der Waals surface area (Å²) in [5.41, 5.74) is 2.05. The zero-order valence-corrected chi connectivity index (χ0v) is 19.5. The highest BCUT2D eigenvalue weighted by molar-refractivity contribution is 7.80. The molecule has 7 heteroatoms. The van der Waals surface area contributed by atoms with Crippen molar-refractivity contribution in [2.24, 2.45) is 5.92 Å². The number of unbranched alkanes of at least 4 members (excludes halogenated alkanes) is 3. The van der Waals surface area contributed by atoms with Crippen LogP contribution in [-0.4, -0.2) is 31.4 Å². The summed E-state index contributed by atoms with van der Waals surface area (Å²) in [6.07, 6.45) is 4.57. The van der Waals surface area contributed by atoms with Crippen LogP contribution in [0.15, 0.2) is 29.5 Å². The van der Waals surface area contributed by atoms with E-state index in [4.69, 9.17) is 26.4 Å². The summed E-state index contributed by atoms with van der Waals surface area (Å²) in [5, 5.41) is 6.68. The molecule has 0 saturated heterocycles. The third-order valence-corrected chi connectivity index (χ3v) is 5.03. The standard InChI is InChI=1S/C23H34N2O4S/c1-6-7-8-9-12-28-18-11-10-17(13-19(18)27-5)21-20(16(4)24-23(30)25-21)22(26)29-14-15(2)3/h10-11,13,15,21H,6-9,12,14H2,1-5H3,(H2,24,25,30). The highest BCUT2D eigenvalue weighted by Crippen LogP contribution is 2.34. The molecule has 1 aromatic carbocycles. The lowest BCUT2D eigenvalue weighted by atomic mass is 9.95. The number of methoxy groups -OCH3 is 1. The summed E-state index contributed by atoms with van der Waals surface area (Å²) in [4.78, 5) is 12.8. The molecule has 0 aromatic heterocycles. The van der Waals surface area contributed by atoms with Gasteiger partial charge in [-0.3, -0.25) is 0 Å². The molecule has 30 heavy (non-hydrogen) atoms. The number of thiocarbonyl (C=S) groups is 1. The minimum absolute atomic E-state index is 0.257. The van der Waals surface area contributed by atoms with Crippen LogP contribution in [0.2, 0.25) is 0 Å². The van der Waals surface area contributed by atoms with Crippen LogP contribution in [0.3, 0.4) is 0 Å². The number of esters is 1. The van der Waals surface area contributed by atoms with Crippen LogP contribution in [0.4, 0.5) is 0 Å². The Labute approximate surface area is 185 Å². The highest BCUT2D eigenvalue weighted by atomic mass is 32.1. The summed E-state index contributed by atoms with van der Waals surface area (Å²) in [6, 6.07) is 5.27. The van der Waals surface area contributed by atoms with Gasteiger partial charge in [0.15, 0.2) is 16.6 Å². The molecule has 1 aliphatic rings. The van der Waals surface area contributed by atoms with Gasteiger partial charge in [-0.05, 0) is 49.2 Å². The van der Waals surface area contributed by atoms with Crippen molar-refractivity contribution in [3.63, 3.8) is 0 Å². The normalized spacial score (nSPS) is 16.2. The van der Waals surface area contributed by atoms with Gasteiger partial charge in [-0.1, -0.05) is 46.1 Å². The van der Waals surface area contributed by atoms with Gasteiger partial charge in [0.25, 0.3) is 0 Å². The van der Waals surface area contributed by atoms with E-state index >= 15 is 0 Å². The second kappa shape index (κ2) is 11.8. The van der Waals surface area contributed by atoms with Crippen LogP contribution in [0.25, 0.3) is 0 Å². The van der Waals surface area contributed by atoms with Crippen molar-refractivity contribution in [3.8, 4) is 11.5 Å². The summed E-state index contributed by atoms with van der Waals surface area (Å²) >= 11 is 5.32. The molecule has 2 rings (SSSR count). The zero-order valence-electron chi connectivity index (χ0n) is 18.7. The van der Waals surface area contributed by atoms with E-state index in [-0.39, 0.29) is 11.9 Å². The Hall–Kier alpha value is -2.28. The number of benzene rings is 1. The van der Waals surface area contributed by atoms with Gasteiger partial charge in [0, 0.05) is 5.70 Å². The zero-order chi connectivity index (χ0) is 22.1. The fraction of sp³-hybridized carbons (Fsp3) is 0.565. The number of carbonyl (C=O) groups is 1. The second-order valence-electron chi connectivity index (χ2n) is 7.88. The Kier molecular flexibility index (Phi) is 9.43. The minimum atomic E-state index is -0.425. The van der Waals surface area contributed by atoms with Crippen molar-refractivity contribution < 1.29 is 19.0 Å². The Morgan fingerprint density at radius 2 is 1.97 bits per heavy atom. The Morgan fingerprint density at radius 3 is 2.63 bits per heavy atom. The van der Waals surface area contributed by atoms with E-state index in [1.165, 1.54) is 12.8 Å². The largest absolute Gasteiger partial charge is 0.493 e. The van der Waals surface area contributed by atoms with Crippen molar-refractivity contribution >= 4 is 23.3 Å². The van der Waals surface area contributed by atoms with E-state index in [0.29, 0.717) is 41.1 Å². The lowest BCUT2D eigenvalue weighted by Crippen LogP contribution is -2.45. The molecule has 2 N–H and O–H groups in total. The number of carbonyl (C=O) groups excluding carboxylic acids is 1. The quantitative estimate of drug-likeness (QED) is 0.299. The number of hydrogen-bond donors (Lipinski definition) is 2. The predicted octanol–water partition coefficient (Wildman–Crippen LogP) is 4.65. The molecule has 1 heterocycles. The van der Waals surface area contributed by atoms with Crippen LogP contribution < -0.4 is 20.1 Å². The topological polar surface area (TPSA) is 68.8 Å². The van der Waals surface area contributed by atoms with Crippen molar-refractivity contribution in [2.75, 3.05) is 20.3 Å². The van der Waals surface area contributed by atoms with Gasteiger partial charge in [0.1, 0.15) is 0 Å². The maximum absolute atomic E-state index is 12.8. The smallest absolute Gasteiger partial charge is 0.338 e. The molecular formula is C23H34N2O4S.